The molecule has 0 radical (unpaired) electrons. The SMILES string of the molecule is CN(Cc1ccccc1)C(=O)C1(C)CCN1C(=O)Cc1ccsc1. The van der Waals surface area contributed by atoms with Crippen LogP contribution in [0.2, 0.25) is 0 Å². The second-order valence-corrected chi connectivity index (χ2v) is 7.30. The van der Waals surface area contributed by atoms with Crippen LogP contribution in [0.4, 0.5) is 0 Å². The predicted molar refractivity (Wildman–Crippen MR) is 95.7 cm³/mol. The second kappa shape index (κ2) is 6.77. The van der Waals surface area contributed by atoms with Crippen LogP contribution in [0.5, 0.6) is 0 Å². The van der Waals surface area contributed by atoms with Crippen molar-refractivity contribution in [3.8, 4) is 0 Å². The summed E-state index contributed by atoms with van der Waals surface area (Å²) in [6, 6.07) is 11.9. The summed E-state index contributed by atoms with van der Waals surface area (Å²) in [7, 11) is 1.81. The van der Waals surface area contributed by atoms with Crippen LogP contribution in [0.1, 0.15) is 24.5 Å². The van der Waals surface area contributed by atoms with Gasteiger partial charge in [-0.3, -0.25) is 9.59 Å². The molecular weight excluding hydrogens is 320 g/mol. The van der Waals surface area contributed by atoms with Gasteiger partial charge in [0.25, 0.3) is 0 Å². The van der Waals surface area contributed by atoms with Crippen LogP contribution in [0, 0.1) is 0 Å². The number of carbonyl (C=O) groups excluding carboxylic acids is 2. The number of hydrogen-bond acceptors (Lipinski definition) is 3. The van der Waals surface area contributed by atoms with Gasteiger partial charge in [-0.25, -0.2) is 0 Å². The van der Waals surface area contributed by atoms with Gasteiger partial charge in [-0.1, -0.05) is 30.3 Å². The van der Waals surface area contributed by atoms with Crippen LogP contribution in [0.25, 0.3) is 0 Å². The van der Waals surface area contributed by atoms with Crippen molar-refractivity contribution < 1.29 is 9.59 Å². The molecule has 0 aliphatic carbocycles. The van der Waals surface area contributed by atoms with Gasteiger partial charge < -0.3 is 9.80 Å². The molecule has 1 aliphatic rings. The number of thiophene rings is 1. The normalized spacial score (nSPS) is 19.7. The average molecular weight is 342 g/mol. The largest absolute Gasteiger partial charge is 0.339 e. The Hall–Kier alpha value is -2.14. The number of nitrogens with zero attached hydrogens (tertiary/aromatic N) is 2. The first-order valence-electron chi connectivity index (χ1n) is 8.12. The molecule has 24 heavy (non-hydrogen) atoms. The molecule has 1 unspecified atom stereocenters. The van der Waals surface area contributed by atoms with E-state index in [1.165, 1.54) is 0 Å². The Morgan fingerprint density at radius 2 is 1.96 bits per heavy atom. The van der Waals surface area contributed by atoms with E-state index in [4.69, 9.17) is 0 Å². The third kappa shape index (κ3) is 3.22. The molecule has 0 spiro atoms. The lowest BCUT2D eigenvalue weighted by Crippen LogP contribution is -2.67. The first-order valence-corrected chi connectivity index (χ1v) is 9.06. The monoisotopic (exact) mass is 342 g/mol. The molecule has 1 aromatic carbocycles. The minimum Gasteiger partial charge on any atom is -0.339 e. The van der Waals surface area contributed by atoms with E-state index in [9.17, 15) is 9.59 Å². The molecule has 2 amide bonds. The average Bonchev–Trinajstić information content (AvgIpc) is 3.06. The Kier molecular flexibility index (Phi) is 4.71. The van der Waals surface area contributed by atoms with Crippen molar-refractivity contribution in [3.63, 3.8) is 0 Å². The van der Waals surface area contributed by atoms with E-state index < -0.39 is 5.54 Å². The Bertz CT molecular complexity index is 714. The van der Waals surface area contributed by atoms with Crippen LogP contribution in [0.15, 0.2) is 47.2 Å². The van der Waals surface area contributed by atoms with Crippen molar-refractivity contribution in [2.75, 3.05) is 13.6 Å². The van der Waals surface area contributed by atoms with Crippen LogP contribution in [-0.2, 0) is 22.6 Å². The summed E-state index contributed by atoms with van der Waals surface area (Å²) < 4.78 is 0. The summed E-state index contributed by atoms with van der Waals surface area (Å²) in [6.07, 6.45) is 1.09. The molecule has 126 valence electrons. The highest BCUT2D eigenvalue weighted by atomic mass is 32.1. The number of carbonyl (C=O) groups is 2. The number of likely N-dealkylation sites (tertiary alicyclic amines) is 1. The molecule has 1 aromatic heterocycles. The van der Waals surface area contributed by atoms with Crippen molar-refractivity contribution in [1.29, 1.82) is 0 Å². The zero-order valence-electron chi connectivity index (χ0n) is 14.1. The van der Waals surface area contributed by atoms with Crippen molar-refractivity contribution in [1.82, 2.24) is 9.80 Å². The van der Waals surface area contributed by atoms with Gasteiger partial charge >= 0.3 is 0 Å². The van der Waals surface area contributed by atoms with Gasteiger partial charge in [0, 0.05) is 20.1 Å². The van der Waals surface area contributed by atoms with Crippen LogP contribution in [-0.4, -0.2) is 40.7 Å². The van der Waals surface area contributed by atoms with Gasteiger partial charge in [-0.05, 0) is 41.3 Å². The van der Waals surface area contributed by atoms with Gasteiger partial charge in [0.2, 0.25) is 11.8 Å². The Morgan fingerprint density at radius 1 is 1.21 bits per heavy atom. The van der Waals surface area contributed by atoms with E-state index in [2.05, 4.69) is 0 Å². The molecule has 0 N–H and O–H groups in total. The molecule has 2 heterocycles. The summed E-state index contributed by atoms with van der Waals surface area (Å²) in [6.45, 7) is 3.10. The molecule has 1 saturated heterocycles. The zero-order chi connectivity index (χ0) is 17.2. The highest BCUT2D eigenvalue weighted by molar-refractivity contribution is 7.08. The van der Waals surface area contributed by atoms with E-state index in [1.807, 2.05) is 54.1 Å². The van der Waals surface area contributed by atoms with Gasteiger partial charge in [-0.2, -0.15) is 11.3 Å². The second-order valence-electron chi connectivity index (χ2n) is 6.52. The highest BCUT2D eigenvalue weighted by Gasteiger charge is 2.50. The summed E-state index contributed by atoms with van der Waals surface area (Å²) in [4.78, 5) is 28.9. The maximum Gasteiger partial charge on any atom is 0.248 e. The fourth-order valence-corrected chi connectivity index (χ4v) is 3.85. The zero-order valence-corrected chi connectivity index (χ0v) is 14.9. The molecule has 1 fully saturated rings. The minimum absolute atomic E-state index is 0.0104. The topological polar surface area (TPSA) is 40.6 Å². The number of hydrogen-bond donors (Lipinski definition) is 0. The quantitative estimate of drug-likeness (QED) is 0.838. The smallest absolute Gasteiger partial charge is 0.248 e. The fourth-order valence-electron chi connectivity index (χ4n) is 3.18. The third-order valence-corrected chi connectivity index (χ3v) is 5.46. The maximum absolute atomic E-state index is 12.9. The molecule has 4 nitrogen and oxygen atoms in total. The Balaban J connectivity index is 1.65. The molecule has 2 aromatic rings. The predicted octanol–water partition coefficient (Wildman–Crippen LogP) is 2.94. The van der Waals surface area contributed by atoms with E-state index in [-0.39, 0.29) is 11.8 Å². The minimum atomic E-state index is -0.712. The first kappa shape index (κ1) is 16.7. The lowest BCUT2D eigenvalue weighted by Gasteiger charge is -2.50. The van der Waals surface area contributed by atoms with Gasteiger partial charge in [0.15, 0.2) is 0 Å². The van der Waals surface area contributed by atoms with E-state index in [1.54, 1.807) is 28.2 Å². The maximum atomic E-state index is 12.9. The van der Waals surface area contributed by atoms with Crippen molar-refractivity contribution in [2.24, 2.45) is 0 Å². The van der Waals surface area contributed by atoms with E-state index >= 15 is 0 Å². The lowest BCUT2D eigenvalue weighted by molar-refractivity contribution is -0.163. The number of benzene rings is 1. The fraction of sp³-hybridized carbons (Fsp3) is 0.368. The first-order chi connectivity index (χ1) is 11.5. The van der Waals surface area contributed by atoms with Gasteiger partial charge in [0.05, 0.1) is 6.42 Å². The molecular formula is C19H22N2O2S. The summed E-state index contributed by atoms with van der Waals surface area (Å²) in [5.41, 5.74) is 1.40. The van der Waals surface area contributed by atoms with Gasteiger partial charge in [-0.15, -0.1) is 0 Å². The van der Waals surface area contributed by atoms with Crippen molar-refractivity contribution in [2.45, 2.75) is 31.8 Å². The number of rotatable bonds is 5. The standard InChI is InChI=1S/C19H22N2O2S/c1-19(18(23)20(2)13-15-6-4-3-5-7-15)9-10-21(19)17(22)12-16-8-11-24-14-16/h3-8,11,14H,9-10,12-13H2,1-2H3. The van der Waals surface area contributed by atoms with Gasteiger partial charge in [0.1, 0.15) is 5.54 Å². The summed E-state index contributed by atoms with van der Waals surface area (Å²) in [5.74, 6) is 0.0416. The number of amides is 2. The molecule has 0 bridgehead atoms. The number of likely N-dealkylation sites (N-methyl/N-ethyl adjacent to an activating group) is 1. The Labute approximate surface area is 146 Å². The van der Waals surface area contributed by atoms with Crippen molar-refractivity contribution in [3.05, 3.63) is 58.3 Å². The van der Waals surface area contributed by atoms with Crippen LogP contribution < -0.4 is 0 Å². The molecule has 5 heteroatoms. The summed E-state index contributed by atoms with van der Waals surface area (Å²) >= 11 is 1.59. The molecule has 3 rings (SSSR count). The Morgan fingerprint density at radius 3 is 2.54 bits per heavy atom. The summed E-state index contributed by atoms with van der Waals surface area (Å²) in [5, 5.41) is 3.95. The highest BCUT2D eigenvalue weighted by Crippen LogP contribution is 2.33. The van der Waals surface area contributed by atoms with E-state index in [0.29, 0.717) is 19.5 Å². The van der Waals surface area contributed by atoms with Crippen LogP contribution in [0.3, 0.4) is 0 Å². The molecule has 1 atom stereocenters. The molecule has 1 aliphatic heterocycles. The molecule has 0 saturated carbocycles. The van der Waals surface area contributed by atoms with Crippen molar-refractivity contribution >= 4 is 23.2 Å². The third-order valence-electron chi connectivity index (χ3n) is 4.72. The van der Waals surface area contributed by atoms with Crippen LogP contribution >= 0.6 is 11.3 Å². The lowest BCUT2D eigenvalue weighted by atomic mass is 9.84. The van der Waals surface area contributed by atoms with E-state index in [0.717, 1.165) is 17.5 Å².